The number of hydrogen-bond donors (Lipinski definition) is 2. The molecule has 9 heteroatoms. The minimum absolute atomic E-state index is 0. The fraction of sp³-hybridized carbons (Fsp3) is 0.412. The zero-order valence-corrected chi connectivity index (χ0v) is 14.9. The van der Waals surface area contributed by atoms with Crippen LogP contribution in [-0.4, -0.2) is 48.4 Å². The van der Waals surface area contributed by atoms with E-state index in [1.807, 2.05) is 11.8 Å². The van der Waals surface area contributed by atoms with Crippen molar-refractivity contribution in [2.75, 3.05) is 37.7 Å². The maximum Gasteiger partial charge on any atom is 0.341 e. The van der Waals surface area contributed by atoms with Gasteiger partial charge in [0, 0.05) is 32.4 Å². The summed E-state index contributed by atoms with van der Waals surface area (Å²) >= 11 is 0. The second-order valence-corrected chi connectivity index (χ2v) is 6.41. The molecule has 2 aliphatic rings. The van der Waals surface area contributed by atoms with Crippen molar-refractivity contribution in [3.8, 4) is 5.75 Å². The number of aromatic nitrogens is 1. The van der Waals surface area contributed by atoms with Gasteiger partial charge in [0.15, 0.2) is 11.6 Å². The molecule has 140 valence electrons. The summed E-state index contributed by atoms with van der Waals surface area (Å²) in [6, 6.07) is 0.984. The largest absolute Gasteiger partial charge is 0.487 e. The summed E-state index contributed by atoms with van der Waals surface area (Å²) in [6.45, 7) is 4.88. The van der Waals surface area contributed by atoms with Gasteiger partial charge in [-0.05, 0) is 13.0 Å². The van der Waals surface area contributed by atoms with Gasteiger partial charge in [-0.3, -0.25) is 4.79 Å². The summed E-state index contributed by atoms with van der Waals surface area (Å²) < 4.78 is 22.4. The first-order valence-corrected chi connectivity index (χ1v) is 8.22. The van der Waals surface area contributed by atoms with E-state index in [-0.39, 0.29) is 36.0 Å². The fourth-order valence-corrected chi connectivity index (χ4v) is 3.55. The molecule has 2 N–H and O–H groups in total. The average Bonchev–Trinajstić information content (AvgIpc) is 2.60. The van der Waals surface area contributed by atoms with E-state index in [2.05, 4.69) is 5.32 Å². The highest BCUT2D eigenvalue weighted by Crippen LogP contribution is 2.41. The Hall–Kier alpha value is -2.32. The van der Waals surface area contributed by atoms with Gasteiger partial charge in [-0.15, -0.1) is 12.4 Å². The molecule has 2 aromatic rings. The molecule has 0 amide bonds. The summed E-state index contributed by atoms with van der Waals surface area (Å²) in [5.41, 5.74) is -0.245. The SMILES string of the molecule is C[C@@H]1COc2c(N3CCNCC3)c(F)cc3c(=O)c(C(=O)O)cn1c23.Cl. The maximum absolute atomic E-state index is 14.9. The van der Waals surface area contributed by atoms with Crippen LogP contribution >= 0.6 is 12.4 Å². The van der Waals surface area contributed by atoms with Crippen LogP contribution in [0.3, 0.4) is 0 Å². The lowest BCUT2D eigenvalue weighted by molar-refractivity contribution is 0.0694. The molecule has 1 aromatic heterocycles. The zero-order chi connectivity index (χ0) is 17.7. The van der Waals surface area contributed by atoms with Crippen molar-refractivity contribution in [3.63, 3.8) is 0 Å². The van der Waals surface area contributed by atoms with E-state index in [1.54, 1.807) is 4.57 Å². The predicted octanol–water partition coefficient (Wildman–Crippen LogP) is 1.62. The Labute approximate surface area is 154 Å². The number of nitrogens with zero attached hydrogens (tertiary/aromatic N) is 2. The number of benzene rings is 1. The van der Waals surface area contributed by atoms with Crippen LogP contribution in [0.5, 0.6) is 5.75 Å². The molecule has 1 atom stereocenters. The number of carboxylic acids is 1. The van der Waals surface area contributed by atoms with Gasteiger partial charge in [0.05, 0.1) is 16.9 Å². The van der Waals surface area contributed by atoms with Gasteiger partial charge in [-0.1, -0.05) is 0 Å². The molecule has 1 saturated heterocycles. The lowest BCUT2D eigenvalue weighted by atomic mass is 10.1. The number of rotatable bonds is 2. The standard InChI is InChI=1S/C17H18FN3O4.ClH/c1-9-8-25-16-13-10(15(22)11(17(23)24)7-21(9)13)6-12(18)14(16)20-4-2-19-3-5-20;/h6-7,9,19H,2-5,8H2,1H3,(H,23,24);1H/t9-;/m1./s1. The molecular formula is C17H19ClFN3O4. The molecule has 0 saturated carbocycles. The number of ether oxygens (including phenoxy) is 1. The molecule has 7 nitrogen and oxygen atoms in total. The summed E-state index contributed by atoms with van der Waals surface area (Å²) in [5.74, 6) is -1.56. The van der Waals surface area contributed by atoms with Crippen molar-refractivity contribution in [1.29, 1.82) is 0 Å². The van der Waals surface area contributed by atoms with Gasteiger partial charge in [0.1, 0.15) is 17.9 Å². The number of aromatic carboxylic acids is 1. The van der Waals surface area contributed by atoms with Crippen LogP contribution in [0.1, 0.15) is 23.3 Å². The molecule has 26 heavy (non-hydrogen) atoms. The van der Waals surface area contributed by atoms with Gasteiger partial charge in [-0.2, -0.15) is 0 Å². The van der Waals surface area contributed by atoms with Gasteiger partial charge >= 0.3 is 5.97 Å². The average molecular weight is 384 g/mol. The van der Waals surface area contributed by atoms with Crippen molar-refractivity contribution < 1.29 is 19.0 Å². The number of halogens is 2. The molecule has 0 aliphatic carbocycles. The van der Waals surface area contributed by atoms with Crippen molar-refractivity contribution in [2.24, 2.45) is 0 Å². The third-order valence-corrected chi connectivity index (χ3v) is 4.81. The number of piperazine rings is 1. The van der Waals surface area contributed by atoms with Crippen LogP contribution < -0.4 is 20.4 Å². The van der Waals surface area contributed by atoms with Crippen LogP contribution in [0.25, 0.3) is 10.9 Å². The molecule has 4 rings (SSSR count). The van der Waals surface area contributed by atoms with Gasteiger partial charge in [0.25, 0.3) is 0 Å². The highest BCUT2D eigenvalue weighted by molar-refractivity contribution is 5.97. The van der Waals surface area contributed by atoms with Crippen molar-refractivity contribution in [3.05, 3.63) is 33.9 Å². The summed E-state index contributed by atoms with van der Waals surface area (Å²) in [4.78, 5) is 25.8. The van der Waals surface area contributed by atoms with E-state index in [0.29, 0.717) is 30.0 Å². The highest BCUT2D eigenvalue weighted by atomic mass is 35.5. The van der Waals surface area contributed by atoms with Crippen molar-refractivity contribution in [1.82, 2.24) is 9.88 Å². The normalized spacial score (nSPS) is 19.0. The molecule has 3 heterocycles. The van der Waals surface area contributed by atoms with Gasteiger partial charge < -0.3 is 24.6 Å². The number of pyridine rings is 1. The fourth-order valence-electron chi connectivity index (χ4n) is 3.55. The third-order valence-electron chi connectivity index (χ3n) is 4.81. The minimum atomic E-state index is -1.32. The van der Waals surface area contributed by atoms with Crippen LogP contribution in [0, 0.1) is 5.82 Å². The Balaban J connectivity index is 0.00000196. The van der Waals surface area contributed by atoms with E-state index in [0.717, 1.165) is 19.2 Å². The first kappa shape index (κ1) is 18.5. The quantitative estimate of drug-likeness (QED) is 0.820. The lowest BCUT2D eigenvalue weighted by Gasteiger charge is -2.34. The van der Waals surface area contributed by atoms with Crippen LogP contribution in [-0.2, 0) is 0 Å². The Bertz CT molecular complexity index is 940. The molecule has 1 aromatic carbocycles. The number of carboxylic acid groups (broad SMARTS) is 1. The Morgan fingerprint density at radius 3 is 2.73 bits per heavy atom. The Morgan fingerprint density at radius 2 is 2.08 bits per heavy atom. The zero-order valence-electron chi connectivity index (χ0n) is 14.1. The number of nitrogens with one attached hydrogen (secondary N) is 1. The molecule has 0 spiro atoms. The molecule has 0 unspecified atom stereocenters. The summed E-state index contributed by atoms with van der Waals surface area (Å²) in [6.07, 6.45) is 1.34. The topological polar surface area (TPSA) is 83.8 Å². The lowest BCUT2D eigenvalue weighted by Crippen LogP contribution is -2.44. The monoisotopic (exact) mass is 383 g/mol. The molecule has 1 fully saturated rings. The molecule has 2 aliphatic heterocycles. The van der Waals surface area contributed by atoms with E-state index in [9.17, 15) is 19.1 Å². The molecular weight excluding hydrogens is 365 g/mol. The Morgan fingerprint density at radius 1 is 1.38 bits per heavy atom. The summed E-state index contributed by atoms with van der Waals surface area (Å²) in [5, 5.41) is 12.5. The van der Waals surface area contributed by atoms with Crippen molar-refractivity contribution in [2.45, 2.75) is 13.0 Å². The molecule has 0 bridgehead atoms. The van der Waals surface area contributed by atoms with E-state index >= 15 is 0 Å². The first-order chi connectivity index (χ1) is 12.0. The van der Waals surface area contributed by atoms with E-state index in [4.69, 9.17) is 4.74 Å². The van der Waals surface area contributed by atoms with Crippen LogP contribution in [0.4, 0.5) is 10.1 Å². The van der Waals surface area contributed by atoms with Crippen LogP contribution in [0.15, 0.2) is 17.1 Å². The number of carbonyl (C=O) groups is 1. The third kappa shape index (κ3) is 2.69. The Kier molecular flexibility index (Phi) is 4.81. The van der Waals surface area contributed by atoms with E-state index < -0.39 is 17.2 Å². The minimum Gasteiger partial charge on any atom is -0.487 e. The summed E-state index contributed by atoms with van der Waals surface area (Å²) in [7, 11) is 0. The molecule has 0 radical (unpaired) electrons. The maximum atomic E-state index is 14.9. The highest BCUT2D eigenvalue weighted by Gasteiger charge is 2.30. The van der Waals surface area contributed by atoms with Gasteiger partial charge in [0.2, 0.25) is 5.43 Å². The van der Waals surface area contributed by atoms with Crippen molar-refractivity contribution >= 4 is 35.0 Å². The number of hydrogen-bond acceptors (Lipinski definition) is 5. The predicted molar refractivity (Wildman–Crippen MR) is 97.7 cm³/mol. The van der Waals surface area contributed by atoms with Crippen LogP contribution in [0.2, 0.25) is 0 Å². The second kappa shape index (κ2) is 6.77. The second-order valence-electron chi connectivity index (χ2n) is 6.41. The van der Waals surface area contributed by atoms with Gasteiger partial charge in [-0.25, -0.2) is 9.18 Å². The first-order valence-electron chi connectivity index (χ1n) is 8.22. The number of anilines is 1. The smallest absolute Gasteiger partial charge is 0.341 e. The van der Waals surface area contributed by atoms with E-state index in [1.165, 1.54) is 6.20 Å².